The molecule has 1 unspecified atom stereocenters. The van der Waals surface area contributed by atoms with Gasteiger partial charge in [0.2, 0.25) is 0 Å². The van der Waals surface area contributed by atoms with Gasteiger partial charge < -0.3 is 0 Å². The highest BCUT2D eigenvalue weighted by Crippen LogP contribution is 2.61. The lowest BCUT2D eigenvalue weighted by atomic mass is 9.48. The smallest absolute Gasteiger partial charge is 0.0381 e. The van der Waals surface area contributed by atoms with Gasteiger partial charge in [0.15, 0.2) is 0 Å². The number of rotatable bonds is 4. The van der Waals surface area contributed by atoms with E-state index < -0.39 is 0 Å². The van der Waals surface area contributed by atoms with Crippen molar-refractivity contribution >= 4 is 27.5 Å². The van der Waals surface area contributed by atoms with Crippen LogP contribution >= 0.6 is 27.5 Å². The quantitative estimate of drug-likeness (QED) is 0.555. The van der Waals surface area contributed by atoms with Crippen molar-refractivity contribution in [2.45, 2.75) is 56.7 Å². The number of hydrogen-bond acceptors (Lipinski definition) is 0. The second-order valence-corrected chi connectivity index (χ2v) is 9.58. The summed E-state index contributed by atoms with van der Waals surface area (Å²) in [5, 5.41) is 0.308. The number of halogens is 2. The Kier molecular flexibility index (Phi) is 3.86. The van der Waals surface area contributed by atoms with Crippen molar-refractivity contribution in [2.75, 3.05) is 0 Å². The van der Waals surface area contributed by atoms with E-state index in [1.165, 1.54) is 50.5 Å². The summed E-state index contributed by atoms with van der Waals surface area (Å²) in [5.74, 6) is 3.10. The van der Waals surface area contributed by atoms with Crippen LogP contribution in [0.3, 0.4) is 0 Å². The molecular formula is C19H24BrCl. The first kappa shape index (κ1) is 14.6. The number of benzene rings is 1. The van der Waals surface area contributed by atoms with Gasteiger partial charge in [0.05, 0.1) is 0 Å². The Morgan fingerprint density at radius 1 is 1.00 bits per heavy atom. The van der Waals surface area contributed by atoms with Crippen LogP contribution in [0.2, 0.25) is 0 Å². The molecule has 0 N–H and O–H groups in total. The molecule has 4 aliphatic carbocycles. The Morgan fingerprint density at radius 3 is 2.05 bits per heavy atom. The molecule has 1 aromatic rings. The topological polar surface area (TPSA) is 0 Å². The lowest BCUT2D eigenvalue weighted by Gasteiger charge is -2.57. The molecule has 0 heterocycles. The van der Waals surface area contributed by atoms with Gasteiger partial charge in [0, 0.05) is 9.85 Å². The Morgan fingerprint density at radius 2 is 1.52 bits per heavy atom. The molecule has 0 aliphatic heterocycles. The fourth-order valence-electron chi connectivity index (χ4n) is 5.96. The van der Waals surface area contributed by atoms with Crippen LogP contribution in [-0.4, -0.2) is 5.38 Å². The van der Waals surface area contributed by atoms with Crippen LogP contribution in [-0.2, 0) is 6.42 Å². The highest BCUT2D eigenvalue weighted by Gasteiger charge is 2.51. The molecule has 4 fully saturated rings. The van der Waals surface area contributed by atoms with Gasteiger partial charge in [-0.15, -0.1) is 11.6 Å². The molecule has 1 atom stereocenters. The molecule has 0 radical (unpaired) electrons. The van der Waals surface area contributed by atoms with E-state index in [9.17, 15) is 0 Å². The van der Waals surface area contributed by atoms with Crippen LogP contribution in [0.5, 0.6) is 0 Å². The van der Waals surface area contributed by atoms with Crippen LogP contribution in [0.25, 0.3) is 0 Å². The maximum atomic E-state index is 6.78. The minimum atomic E-state index is 0.308. The minimum Gasteiger partial charge on any atom is -0.123 e. The maximum Gasteiger partial charge on any atom is 0.0381 e. The molecule has 2 heteroatoms. The first-order valence-electron chi connectivity index (χ1n) is 8.49. The first-order chi connectivity index (χ1) is 10.1. The van der Waals surface area contributed by atoms with Crippen LogP contribution in [0.15, 0.2) is 28.7 Å². The molecule has 0 saturated heterocycles. The molecule has 4 saturated carbocycles. The van der Waals surface area contributed by atoms with Gasteiger partial charge in [-0.2, -0.15) is 0 Å². The Hall–Kier alpha value is -0.0100. The predicted octanol–water partition coefficient (Wildman–Crippen LogP) is 6.21. The van der Waals surface area contributed by atoms with Crippen molar-refractivity contribution in [3.63, 3.8) is 0 Å². The summed E-state index contributed by atoms with van der Waals surface area (Å²) in [6.07, 6.45) is 11.3. The summed E-state index contributed by atoms with van der Waals surface area (Å²) in [6, 6.07) is 8.67. The third kappa shape index (κ3) is 3.06. The Bertz CT molecular complexity index is 472. The van der Waals surface area contributed by atoms with Gasteiger partial charge >= 0.3 is 0 Å². The normalized spacial score (nSPS) is 38.7. The molecule has 21 heavy (non-hydrogen) atoms. The molecular weight excluding hydrogens is 344 g/mol. The maximum absolute atomic E-state index is 6.78. The molecule has 4 bridgehead atoms. The number of hydrogen-bond donors (Lipinski definition) is 0. The first-order valence-corrected chi connectivity index (χ1v) is 9.72. The van der Waals surface area contributed by atoms with E-state index in [-0.39, 0.29) is 0 Å². The highest BCUT2D eigenvalue weighted by atomic mass is 79.9. The van der Waals surface area contributed by atoms with Crippen molar-refractivity contribution < 1.29 is 0 Å². The average Bonchev–Trinajstić information content (AvgIpc) is 2.39. The van der Waals surface area contributed by atoms with Gasteiger partial charge in [0.1, 0.15) is 0 Å². The van der Waals surface area contributed by atoms with Crippen LogP contribution in [0.4, 0.5) is 0 Å². The van der Waals surface area contributed by atoms with E-state index in [1.54, 1.807) is 0 Å². The van der Waals surface area contributed by atoms with Crippen LogP contribution in [0.1, 0.15) is 50.5 Å². The zero-order valence-corrected chi connectivity index (χ0v) is 14.9. The fraction of sp³-hybridized carbons (Fsp3) is 0.684. The van der Waals surface area contributed by atoms with E-state index in [2.05, 4.69) is 40.2 Å². The molecule has 0 spiro atoms. The molecule has 0 aromatic heterocycles. The largest absolute Gasteiger partial charge is 0.123 e. The zero-order chi connectivity index (χ0) is 14.4. The lowest BCUT2D eigenvalue weighted by Crippen LogP contribution is -2.47. The van der Waals surface area contributed by atoms with Gasteiger partial charge in [-0.25, -0.2) is 0 Å². The summed E-state index contributed by atoms with van der Waals surface area (Å²) < 4.78 is 1.15. The van der Waals surface area contributed by atoms with Gasteiger partial charge in [-0.05, 0) is 92.2 Å². The van der Waals surface area contributed by atoms with Crippen molar-refractivity contribution in [1.29, 1.82) is 0 Å². The second-order valence-electron chi connectivity index (χ2n) is 8.05. The molecule has 1 aromatic carbocycles. The van der Waals surface area contributed by atoms with E-state index >= 15 is 0 Å². The average molecular weight is 368 g/mol. The van der Waals surface area contributed by atoms with Crippen molar-refractivity contribution in [2.24, 2.45) is 23.2 Å². The van der Waals surface area contributed by atoms with Crippen molar-refractivity contribution in [3.05, 3.63) is 34.3 Å². The highest BCUT2D eigenvalue weighted by molar-refractivity contribution is 9.10. The third-order valence-corrected chi connectivity index (χ3v) is 7.03. The van der Waals surface area contributed by atoms with Gasteiger partial charge in [0.25, 0.3) is 0 Å². The van der Waals surface area contributed by atoms with E-state index in [0.29, 0.717) is 10.8 Å². The summed E-state index contributed by atoms with van der Waals surface area (Å²) >= 11 is 10.3. The zero-order valence-electron chi connectivity index (χ0n) is 12.5. The lowest BCUT2D eigenvalue weighted by molar-refractivity contribution is -0.0574. The summed E-state index contributed by atoms with van der Waals surface area (Å²) in [5.41, 5.74) is 1.99. The number of alkyl halides is 1. The molecule has 0 nitrogen and oxygen atoms in total. The predicted molar refractivity (Wildman–Crippen MR) is 92.7 cm³/mol. The molecule has 5 rings (SSSR count). The van der Waals surface area contributed by atoms with Crippen molar-refractivity contribution in [3.8, 4) is 0 Å². The second kappa shape index (κ2) is 5.57. The van der Waals surface area contributed by atoms with Crippen molar-refractivity contribution in [1.82, 2.24) is 0 Å². The van der Waals surface area contributed by atoms with Crippen LogP contribution < -0.4 is 0 Å². The molecule has 114 valence electrons. The summed E-state index contributed by atoms with van der Waals surface area (Å²) in [7, 11) is 0. The Labute approximate surface area is 141 Å². The summed E-state index contributed by atoms with van der Waals surface area (Å²) in [4.78, 5) is 0. The van der Waals surface area contributed by atoms with E-state index in [4.69, 9.17) is 11.6 Å². The van der Waals surface area contributed by atoms with E-state index in [0.717, 1.165) is 28.6 Å². The molecule has 0 amide bonds. The van der Waals surface area contributed by atoms with Gasteiger partial charge in [-0.1, -0.05) is 28.1 Å². The standard InChI is InChI=1S/C19H24BrCl/c20-17-3-1-13(2-4-17)8-18(21)12-19-9-14-5-15(10-19)7-16(6-14)11-19/h1-4,14-16,18H,5-12H2. The van der Waals surface area contributed by atoms with E-state index in [1.807, 2.05) is 0 Å². The third-order valence-electron chi connectivity index (χ3n) is 6.19. The SMILES string of the molecule is ClC(Cc1ccc(Br)cc1)CC12CC3CC(CC(C3)C1)C2. The fourth-order valence-corrected chi connectivity index (χ4v) is 6.73. The monoisotopic (exact) mass is 366 g/mol. The summed E-state index contributed by atoms with van der Waals surface area (Å²) in [6.45, 7) is 0. The minimum absolute atomic E-state index is 0.308. The van der Waals surface area contributed by atoms with Gasteiger partial charge in [-0.3, -0.25) is 0 Å². The Balaban J connectivity index is 1.42. The molecule has 4 aliphatic rings. The van der Waals surface area contributed by atoms with Crippen LogP contribution in [0, 0.1) is 23.2 Å².